The van der Waals surface area contributed by atoms with E-state index in [1.54, 1.807) is 21.3 Å². The molecule has 0 aliphatic carbocycles. The van der Waals surface area contributed by atoms with Gasteiger partial charge in [0.25, 0.3) is 0 Å². The van der Waals surface area contributed by atoms with Gasteiger partial charge in [0, 0.05) is 45.0 Å². The maximum atomic E-state index is 5.89. The zero-order valence-electron chi connectivity index (χ0n) is 17.5. The lowest BCUT2D eigenvalue weighted by atomic mass is 10.1. The number of ether oxygens (including phenoxy) is 4. The summed E-state index contributed by atoms with van der Waals surface area (Å²) in [6.45, 7) is 5.23. The predicted molar refractivity (Wildman–Crippen MR) is 107 cm³/mol. The number of benzene rings is 1. The van der Waals surface area contributed by atoms with Crippen molar-refractivity contribution in [3.63, 3.8) is 0 Å². The summed E-state index contributed by atoms with van der Waals surface area (Å²) in [6, 6.07) is 3.96. The number of aromatic nitrogens is 2. The van der Waals surface area contributed by atoms with Crippen molar-refractivity contribution >= 4 is 0 Å². The van der Waals surface area contributed by atoms with E-state index in [4.69, 9.17) is 18.9 Å². The highest BCUT2D eigenvalue weighted by Gasteiger charge is 2.23. The van der Waals surface area contributed by atoms with Crippen LogP contribution in [0.2, 0.25) is 0 Å². The molecule has 3 rings (SSSR count). The minimum Gasteiger partial charge on any atom is -0.493 e. The monoisotopic (exact) mass is 389 g/mol. The summed E-state index contributed by atoms with van der Waals surface area (Å²) in [5.74, 6) is 3.00. The average molecular weight is 389 g/mol. The summed E-state index contributed by atoms with van der Waals surface area (Å²) in [5.41, 5.74) is 2.23. The molecule has 1 aliphatic rings. The summed E-state index contributed by atoms with van der Waals surface area (Å²) in [4.78, 5) is 6.82. The van der Waals surface area contributed by atoms with Crippen LogP contribution in [0.5, 0.6) is 17.2 Å². The van der Waals surface area contributed by atoms with Crippen molar-refractivity contribution in [2.75, 3.05) is 34.5 Å². The summed E-state index contributed by atoms with van der Waals surface area (Å²) >= 11 is 0. The zero-order valence-corrected chi connectivity index (χ0v) is 17.5. The maximum absolute atomic E-state index is 5.89. The Morgan fingerprint density at radius 1 is 1.14 bits per heavy atom. The van der Waals surface area contributed by atoms with E-state index in [1.807, 2.05) is 25.3 Å². The molecule has 1 aromatic heterocycles. The van der Waals surface area contributed by atoms with Gasteiger partial charge in [-0.25, -0.2) is 4.98 Å². The molecule has 0 unspecified atom stereocenters. The van der Waals surface area contributed by atoms with E-state index < -0.39 is 0 Å². The van der Waals surface area contributed by atoms with Gasteiger partial charge in [0.05, 0.1) is 33.1 Å². The van der Waals surface area contributed by atoms with Gasteiger partial charge >= 0.3 is 0 Å². The van der Waals surface area contributed by atoms with Gasteiger partial charge in [0.15, 0.2) is 11.5 Å². The molecule has 2 aromatic rings. The highest BCUT2D eigenvalue weighted by Crippen LogP contribution is 2.40. The van der Waals surface area contributed by atoms with E-state index in [-0.39, 0.29) is 6.10 Å². The number of imidazole rings is 1. The Hall–Kier alpha value is -2.25. The second kappa shape index (κ2) is 9.30. The fourth-order valence-electron chi connectivity index (χ4n) is 3.71. The van der Waals surface area contributed by atoms with Gasteiger partial charge in [-0.3, -0.25) is 4.90 Å². The van der Waals surface area contributed by atoms with Gasteiger partial charge in [0.2, 0.25) is 5.75 Å². The Kier molecular flexibility index (Phi) is 6.80. The topological polar surface area (TPSA) is 58.0 Å². The first-order valence-electron chi connectivity index (χ1n) is 9.66. The molecule has 1 atom stereocenters. The van der Waals surface area contributed by atoms with Crippen molar-refractivity contribution in [2.45, 2.75) is 39.0 Å². The third kappa shape index (κ3) is 4.42. The molecule has 0 radical (unpaired) electrons. The molecule has 2 heterocycles. The number of methoxy groups -OCH3 is 3. The fraction of sp³-hybridized carbons (Fsp3) is 0.571. The van der Waals surface area contributed by atoms with Crippen molar-refractivity contribution in [2.24, 2.45) is 7.05 Å². The van der Waals surface area contributed by atoms with Crippen molar-refractivity contribution in [3.05, 3.63) is 35.4 Å². The molecular formula is C21H31N3O4. The predicted octanol–water partition coefficient (Wildman–Crippen LogP) is 2.94. The summed E-state index contributed by atoms with van der Waals surface area (Å²) in [5, 5.41) is 0. The second-order valence-corrected chi connectivity index (χ2v) is 7.15. The van der Waals surface area contributed by atoms with Crippen LogP contribution in [0.1, 0.15) is 29.9 Å². The number of hydrogen-bond acceptors (Lipinski definition) is 6. The number of hydrogen-bond donors (Lipinski definition) is 0. The Morgan fingerprint density at radius 3 is 2.50 bits per heavy atom. The largest absolute Gasteiger partial charge is 0.493 e. The molecule has 0 spiro atoms. The first-order valence-corrected chi connectivity index (χ1v) is 9.66. The number of aryl methyl sites for hydroxylation is 1. The van der Waals surface area contributed by atoms with Crippen LogP contribution in [0, 0.1) is 6.92 Å². The van der Waals surface area contributed by atoms with Crippen molar-refractivity contribution in [1.29, 1.82) is 0 Å². The van der Waals surface area contributed by atoms with Crippen molar-refractivity contribution in [3.8, 4) is 17.2 Å². The normalized spacial score (nSPS) is 16.6. The molecule has 1 saturated heterocycles. The maximum Gasteiger partial charge on any atom is 0.203 e. The Labute approximate surface area is 167 Å². The van der Waals surface area contributed by atoms with Crippen LogP contribution in [0.25, 0.3) is 0 Å². The molecule has 28 heavy (non-hydrogen) atoms. The Balaban J connectivity index is 1.86. The first-order chi connectivity index (χ1) is 13.6. The molecule has 154 valence electrons. The third-order valence-electron chi connectivity index (χ3n) is 5.37. The molecular weight excluding hydrogens is 358 g/mol. The summed E-state index contributed by atoms with van der Waals surface area (Å²) < 4.78 is 24.7. The van der Waals surface area contributed by atoms with Crippen LogP contribution >= 0.6 is 0 Å². The van der Waals surface area contributed by atoms with E-state index >= 15 is 0 Å². The molecule has 1 aromatic carbocycles. The second-order valence-electron chi connectivity index (χ2n) is 7.15. The van der Waals surface area contributed by atoms with Crippen LogP contribution in [0.3, 0.4) is 0 Å². The number of rotatable bonds is 9. The third-order valence-corrected chi connectivity index (χ3v) is 5.37. The highest BCUT2D eigenvalue weighted by molar-refractivity contribution is 5.55. The molecule has 0 bridgehead atoms. The number of nitrogens with zero attached hydrogens (tertiary/aromatic N) is 3. The lowest BCUT2D eigenvalue weighted by Crippen LogP contribution is -2.32. The highest BCUT2D eigenvalue weighted by atomic mass is 16.5. The summed E-state index contributed by atoms with van der Waals surface area (Å²) in [7, 11) is 6.98. The Morgan fingerprint density at radius 2 is 1.93 bits per heavy atom. The Bertz CT molecular complexity index is 784. The minimum atomic E-state index is 0.264. The van der Waals surface area contributed by atoms with Crippen LogP contribution < -0.4 is 14.2 Å². The van der Waals surface area contributed by atoms with Crippen LogP contribution in [-0.4, -0.2) is 55.0 Å². The van der Waals surface area contributed by atoms with Crippen LogP contribution in [0.4, 0.5) is 0 Å². The van der Waals surface area contributed by atoms with E-state index in [2.05, 4.69) is 21.5 Å². The SMILES string of the molecule is COc1ccc(CN(Cc2cnc(C)n2C)C[C@H]2CCCO2)c(OC)c1OC. The fourth-order valence-corrected chi connectivity index (χ4v) is 3.71. The molecule has 0 amide bonds. The van der Waals surface area contributed by atoms with Gasteiger partial charge in [-0.1, -0.05) is 6.07 Å². The van der Waals surface area contributed by atoms with E-state index in [0.29, 0.717) is 23.8 Å². The van der Waals surface area contributed by atoms with Crippen LogP contribution in [0.15, 0.2) is 18.3 Å². The van der Waals surface area contributed by atoms with Gasteiger partial charge in [-0.05, 0) is 25.8 Å². The minimum absolute atomic E-state index is 0.264. The van der Waals surface area contributed by atoms with E-state index in [1.165, 1.54) is 5.69 Å². The van der Waals surface area contributed by atoms with Gasteiger partial charge < -0.3 is 23.5 Å². The van der Waals surface area contributed by atoms with E-state index in [0.717, 1.165) is 43.9 Å². The van der Waals surface area contributed by atoms with Crippen LogP contribution in [-0.2, 0) is 24.9 Å². The lowest BCUT2D eigenvalue weighted by Gasteiger charge is -2.26. The molecule has 7 nitrogen and oxygen atoms in total. The average Bonchev–Trinajstić information content (AvgIpc) is 3.32. The molecule has 0 N–H and O–H groups in total. The standard InChI is InChI=1S/C21H31N3O4/c1-15-22-11-17(23(15)2)13-24(14-18-7-6-10-28-18)12-16-8-9-19(25-3)21(27-5)20(16)26-4/h8-9,11,18H,6-7,10,12-14H2,1-5H3/t18-/m1/s1. The molecule has 1 aliphatic heterocycles. The molecule has 7 heteroatoms. The smallest absolute Gasteiger partial charge is 0.203 e. The zero-order chi connectivity index (χ0) is 20.1. The molecule has 1 fully saturated rings. The van der Waals surface area contributed by atoms with Crippen molar-refractivity contribution < 1.29 is 18.9 Å². The molecule has 0 saturated carbocycles. The lowest BCUT2D eigenvalue weighted by molar-refractivity contribution is 0.0668. The van der Waals surface area contributed by atoms with E-state index in [9.17, 15) is 0 Å². The van der Waals surface area contributed by atoms with Gasteiger partial charge in [-0.15, -0.1) is 0 Å². The quantitative estimate of drug-likeness (QED) is 0.657. The van der Waals surface area contributed by atoms with Gasteiger partial charge in [-0.2, -0.15) is 0 Å². The van der Waals surface area contributed by atoms with Gasteiger partial charge in [0.1, 0.15) is 5.82 Å². The van der Waals surface area contributed by atoms with Crippen molar-refractivity contribution in [1.82, 2.24) is 14.5 Å². The summed E-state index contributed by atoms with van der Waals surface area (Å²) in [6.07, 6.45) is 4.44. The first kappa shape index (κ1) is 20.5.